The highest BCUT2D eigenvalue weighted by atomic mass is 16.4. The van der Waals surface area contributed by atoms with Gasteiger partial charge in [0.05, 0.1) is 11.0 Å². The van der Waals surface area contributed by atoms with E-state index in [4.69, 9.17) is 4.42 Å². The normalized spacial score (nSPS) is 11.3. The summed E-state index contributed by atoms with van der Waals surface area (Å²) in [6.07, 6.45) is 0. The van der Waals surface area contributed by atoms with Crippen molar-refractivity contribution < 1.29 is 4.42 Å². The predicted molar refractivity (Wildman–Crippen MR) is 200 cm³/mol. The lowest BCUT2D eigenvalue weighted by Crippen LogP contribution is -2.09. The van der Waals surface area contributed by atoms with Crippen molar-refractivity contribution in [3.8, 4) is 39.7 Å². The molecule has 232 valence electrons. The Kier molecular flexibility index (Phi) is 7.06. The molecule has 0 saturated carbocycles. The number of para-hydroxylation sites is 2. The summed E-state index contributed by atoms with van der Waals surface area (Å²) in [7, 11) is 0. The average Bonchev–Trinajstić information content (AvgIpc) is 3.80. The van der Waals surface area contributed by atoms with E-state index >= 15 is 0 Å². The van der Waals surface area contributed by atoms with Crippen molar-refractivity contribution in [2.45, 2.75) is 0 Å². The fourth-order valence-corrected chi connectivity index (χ4v) is 6.63. The molecule has 49 heavy (non-hydrogen) atoms. The third-order valence-electron chi connectivity index (χ3n) is 8.96. The quantitative estimate of drug-likeness (QED) is 0.176. The fourth-order valence-electron chi connectivity index (χ4n) is 6.63. The second-order valence-corrected chi connectivity index (χ2v) is 12.0. The summed E-state index contributed by atoms with van der Waals surface area (Å²) >= 11 is 0. The number of hydrogen-bond acceptors (Lipinski definition) is 4. The molecule has 0 amide bonds. The van der Waals surface area contributed by atoms with Gasteiger partial charge in [-0.2, -0.15) is 0 Å². The summed E-state index contributed by atoms with van der Waals surface area (Å²) < 4.78 is 8.42. The minimum Gasteiger partial charge on any atom is -0.416 e. The van der Waals surface area contributed by atoms with Crippen LogP contribution in [0.3, 0.4) is 0 Å². The summed E-state index contributed by atoms with van der Waals surface area (Å²) in [5, 5.41) is 11.0. The number of anilines is 3. The van der Waals surface area contributed by atoms with Crippen LogP contribution in [0.2, 0.25) is 0 Å². The van der Waals surface area contributed by atoms with Gasteiger partial charge >= 0.3 is 0 Å². The summed E-state index contributed by atoms with van der Waals surface area (Å²) in [5.41, 5.74) is 10.8. The zero-order valence-electron chi connectivity index (χ0n) is 26.5. The molecule has 0 aliphatic rings. The van der Waals surface area contributed by atoms with Gasteiger partial charge in [0.25, 0.3) is 0 Å². The summed E-state index contributed by atoms with van der Waals surface area (Å²) in [6, 6.07) is 63.4. The lowest BCUT2D eigenvalue weighted by atomic mass is 10.0. The highest BCUT2D eigenvalue weighted by molar-refractivity contribution is 6.11. The first-order valence-electron chi connectivity index (χ1n) is 16.3. The SMILES string of the molecule is c1ccc(-c2ccc3c(c2)c2cc(N(c4ccccc4)c4ccc(-c5nnc(-c6ccccc6)o5)cc4)ccc2n3-c2ccccc2)cc1. The maximum Gasteiger partial charge on any atom is 0.248 e. The molecule has 0 saturated heterocycles. The molecular weight excluding hydrogens is 601 g/mol. The third kappa shape index (κ3) is 5.24. The molecular formula is C44H30N4O. The Hall–Kier alpha value is -6.72. The molecule has 0 aliphatic heterocycles. The molecule has 9 rings (SSSR count). The maximum atomic E-state index is 6.06. The van der Waals surface area contributed by atoms with Crippen LogP contribution >= 0.6 is 0 Å². The number of nitrogens with zero attached hydrogens (tertiary/aromatic N) is 4. The molecule has 2 heterocycles. The minimum absolute atomic E-state index is 0.487. The second kappa shape index (κ2) is 12.1. The van der Waals surface area contributed by atoms with Gasteiger partial charge < -0.3 is 13.9 Å². The highest BCUT2D eigenvalue weighted by Crippen LogP contribution is 2.41. The number of rotatable bonds is 7. The van der Waals surface area contributed by atoms with Crippen LogP contribution in [-0.4, -0.2) is 14.8 Å². The molecule has 9 aromatic rings. The lowest BCUT2D eigenvalue weighted by Gasteiger charge is -2.25. The first kappa shape index (κ1) is 28.5. The number of aromatic nitrogens is 3. The van der Waals surface area contributed by atoms with Gasteiger partial charge in [0.2, 0.25) is 11.8 Å². The molecule has 0 N–H and O–H groups in total. The molecule has 0 fully saturated rings. The van der Waals surface area contributed by atoms with E-state index in [0.29, 0.717) is 11.8 Å². The Morgan fingerprint density at radius 1 is 0.388 bits per heavy atom. The highest BCUT2D eigenvalue weighted by Gasteiger charge is 2.19. The van der Waals surface area contributed by atoms with Gasteiger partial charge in [-0.15, -0.1) is 10.2 Å². The van der Waals surface area contributed by atoms with Crippen molar-refractivity contribution in [1.29, 1.82) is 0 Å². The molecule has 0 spiro atoms. The van der Waals surface area contributed by atoms with E-state index in [0.717, 1.165) is 39.4 Å². The second-order valence-electron chi connectivity index (χ2n) is 12.0. The summed E-state index contributed by atoms with van der Waals surface area (Å²) in [4.78, 5) is 2.29. The molecule has 0 radical (unpaired) electrons. The van der Waals surface area contributed by atoms with Crippen LogP contribution in [0.25, 0.3) is 61.5 Å². The minimum atomic E-state index is 0.487. The Morgan fingerprint density at radius 3 is 1.51 bits per heavy atom. The van der Waals surface area contributed by atoms with E-state index in [2.05, 4.69) is 153 Å². The number of fused-ring (bicyclic) bond motifs is 3. The van der Waals surface area contributed by atoms with Crippen molar-refractivity contribution in [3.63, 3.8) is 0 Å². The van der Waals surface area contributed by atoms with Crippen LogP contribution < -0.4 is 4.90 Å². The molecule has 5 heteroatoms. The maximum absolute atomic E-state index is 6.06. The first-order valence-corrected chi connectivity index (χ1v) is 16.3. The van der Waals surface area contributed by atoms with Crippen molar-refractivity contribution in [2.75, 3.05) is 4.90 Å². The molecule has 0 aliphatic carbocycles. The first-order chi connectivity index (χ1) is 24.3. The topological polar surface area (TPSA) is 47.1 Å². The van der Waals surface area contributed by atoms with Crippen LogP contribution in [-0.2, 0) is 0 Å². The molecule has 2 aromatic heterocycles. The zero-order chi connectivity index (χ0) is 32.6. The third-order valence-corrected chi connectivity index (χ3v) is 8.96. The molecule has 0 atom stereocenters. The number of benzene rings is 7. The van der Waals surface area contributed by atoms with Gasteiger partial charge in [-0.3, -0.25) is 0 Å². The van der Waals surface area contributed by atoms with Gasteiger partial charge in [0, 0.05) is 44.6 Å². The Balaban J connectivity index is 1.18. The predicted octanol–water partition coefficient (Wildman–Crippen LogP) is 11.6. The summed E-state index contributed by atoms with van der Waals surface area (Å²) in [5.74, 6) is 0.991. The van der Waals surface area contributed by atoms with E-state index < -0.39 is 0 Å². The Labute approximate surface area is 284 Å². The lowest BCUT2D eigenvalue weighted by molar-refractivity contribution is 0.584. The number of hydrogen-bond donors (Lipinski definition) is 0. The van der Waals surface area contributed by atoms with E-state index in [1.54, 1.807) is 0 Å². The van der Waals surface area contributed by atoms with E-state index in [1.165, 1.54) is 27.4 Å². The summed E-state index contributed by atoms with van der Waals surface area (Å²) in [6.45, 7) is 0. The monoisotopic (exact) mass is 630 g/mol. The van der Waals surface area contributed by atoms with Crippen molar-refractivity contribution in [2.24, 2.45) is 0 Å². The van der Waals surface area contributed by atoms with Crippen LogP contribution in [0.15, 0.2) is 186 Å². The van der Waals surface area contributed by atoms with Crippen LogP contribution in [0.1, 0.15) is 0 Å². The van der Waals surface area contributed by atoms with Gasteiger partial charge in [0.1, 0.15) is 0 Å². The van der Waals surface area contributed by atoms with Crippen LogP contribution in [0, 0.1) is 0 Å². The van der Waals surface area contributed by atoms with E-state index in [9.17, 15) is 0 Å². The molecule has 5 nitrogen and oxygen atoms in total. The van der Waals surface area contributed by atoms with E-state index in [1.807, 2.05) is 48.5 Å². The van der Waals surface area contributed by atoms with Crippen LogP contribution in [0.5, 0.6) is 0 Å². The van der Waals surface area contributed by atoms with Gasteiger partial charge in [-0.25, -0.2) is 0 Å². The Morgan fingerprint density at radius 2 is 0.857 bits per heavy atom. The Bertz CT molecular complexity index is 2520. The largest absolute Gasteiger partial charge is 0.416 e. The smallest absolute Gasteiger partial charge is 0.248 e. The van der Waals surface area contributed by atoms with Gasteiger partial charge in [-0.05, 0) is 102 Å². The fraction of sp³-hybridized carbons (Fsp3) is 0. The van der Waals surface area contributed by atoms with Crippen molar-refractivity contribution >= 4 is 38.9 Å². The molecule has 7 aromatic carbocycles. The molecule has 0 unspecified atom stereocenters. The standard InChI is InChI=1S/C44H30N4O/c1-5-13-31(14-6-1)34-23-27-41-39(29-34)40-30-38(26-28-42(40)48(41)36-19-11-4-12-20-36)47(35-17-9-3-10-18-35)37-24-21-33(22-25-37)44-46-45-43(49-44)32-15-7-2-8-16-32/h1-30H. The van der Waals surface area contributed by atoms with Gasteiger partial charge in [-0.1, -0.05) is 91.0 Å². The zero-order valence-corrected chi connectivity index (χ0v) is 26.5. The van der Waals surface area contributed by atoms with Crippen molar-refractivity contribution in [1.82, 2.24) is 14.8 Å². The van der Waals surface area contributed by atoms with E-state index in [-0.39, 0.29) is 0 Å². The molecule has 0 bridgehead atoms. The average molecular weight is 631 g/mol. The van der Waals surface area contributed by atoms with Crippen molar-refractivity contribution in [3.05, 3.63) is 182 Å². The van der Waals surface area contributed by atoms with Crippen LogP contribution in [0.4, 0.5) is 17.1 Å². The van der Waals surface area contributed by atoms with Gasteiger partial charge in [0.15, 0.2) is 0 Å².